The number of pyridine rings is 1. The van der Waals surface area contributed by atoms with Crippen molar-refractivity contribution in [3.8, 4) is 0 Å². The molecule has 2 aromatic rings. The second-order valence-electron chi connectivity index (χ2n) is 7.32. The third kappa shape index (κ3) is 3.25. The summed E-state index contributed by atoms with van der Waals surface area (Å²) < 4.78 is 33.0. The summed E-state index contributed by atoms with van der Waals surface area (Å²) in [7, 11) is 1.28. The normalized spacial score (nSPS) is 23.4. The maximum atomic E-state index is 14.2. The highest BCUT2D eigenvalue weighted by Crippen LogP contribution is 2.45. The lowest BCUT2D eigenvalue weighted by molar-refractivity contribution is -0.0608. The molecule has 0 spiro atoms. The molecule has 0 saturated heterocycles. The van der Waals surface area contributed by atoms with Crippen LogP contribution in [0.2, 0.25) is 0 Å². The Kier molecular flexibility index (Phi) is 4.61. The Bertz CT molecular complexity index is 917. The highest BCUT2D eigenvalue weighted by molar-refractivity contribution is 6.01. The third-order valence-electron chi connectivity index (χ3n) is 5.62. The molecule has 4 rings (SSSR count). The van der Waals surface area contributed by atoms with Crippen LogP contribution in [0.5, 0.6) is 0 Å². The molecule has 0 N–H and O–H groups in total. The van der Waals surface area contributed by atoms with Gasteiger partial charge in [0, 0.05) is 48.8 Å². The molecule has 2 heterocycles. The van der Waals surface area contributed by atoms with Crippen LogP contribution < -0.4 is 0 Å². The molecule has 1 aromatic heterocycles. The van der Waals surface area contributed by atoms with Gasteiger partial charge in [-0.1, -0.05) is 12.1 Å². The lowest BCUT2D eigenvalue weighted by atomic mass is 9.79. The van der Waals surface area contributed by atoms with Crippen LogP contribution in [0.1, 0.15) is 57.2 Å². The van der Waals surface area contributed by atoms with E-state index >= 15 is 0 Å². The molecular weight excluding hydrogens is 366 g/mol. The van der Waals surface area contributed by atoms with Crippen LogP contribution in [0, 0.1) is 0 Å². The molecule has 1 saturated carbocycles. The van der Waals surface area contributed by atoms with Crippen LogP contribution in [0.25, 0.3) is 0 Å². The minimum absolute atomic E-state index is 0.206. The first-order valence-corrected chi connectivity index (χ1v) is 9.20. The Morgan fingerprint density at radius 1 is 1.29 bits per heavy atom. The molecule has 0 bridgehead atoms. The third-order valence-corrected chi connectivity index (χ3v) is 5.62. The number of fused-ring (bicyclic) bond motifs is 1. The summed E-state index contributed by atoms with van der Waals surface area (Å²) in [6.45, 7) is 0.342. The largest absolute Gasteiger partial charge is 0.465 e. The molecule has 1 aromatic carbocycles. The zero-order chi connectivity index (χ0) is 19.9. The summed E-state index contributed by atoms with van der Waals surface area (Å²) in [6, 6.07) is 9.76. The molecule has 1 amide bonds. The van der Waals surface area contributed by atoms with Gasteiger partial charge in [-0.05, 0) is 36.2 Å². The van der Waals surface area contributed by atoms with Gasteiger partial charge >= 0.3 is 5.97 Å². The van der Waals surface area contributed by atoms with E-state index in [1.165, 1.54) is 13.2 Å². The van der Waals surface area contributed by atoms with Crippen LogP contribution in [-0.4, -0.2) is 40.8 Å². The van der Waals surface area contributed by atoms with Gasteiger partial charge in [-0.15, -0.1) is 0 Å². The molecule has 1 aliphatic carbocycles. The Balaban J connectivity index is 1.65. The quantitative estimate of drug-likeness (QED) is 0.753. The van der Waals surface area contributed by atoms with E-state index in [2.05, 4.69) is 4.98 Å². The fourth-order valence-electron chi connectivity index (χ4n) is 4.23. The SMILES string of the molecule is COC(=O)c1ccc2c(c1)C(=O)N(C1CCC(F)(F)CC1c1ccccn1)C2. The standard InChI is InChI=1S/C21H20F2N2O3/c1-28-20(27)13-5-6-14-12-25(19(26)15(14)10-13)18-7-8-21(22,23)11-16(18)17-4-2-3-9-24-17/h2-6,9-10,16,18H,7-8,11-12H2,1H3. The summed E-state index contributed by atoms with van der Waals surface area (Å²) >= 11 is 0. The van der Waals surface area contributed by atoms with Gasteiger partial charge < -0.3 is 9.64 Å². The summed E-state index contributed by atoms with van der Waals surface area (Å²) in [5.74, 6) is -4.07. The van der Waals surface area contributed by atoms with Crippen LogP contribution in [0.15, 0.2) is 42.6 Å². The number of hydrogen-bond donors (Lipinski definition) is 0. The highest BCUT2D eigenvalue weighted by Gasteiger charge is 2.47. The maximum absolute atomic E-state index is 14.2. The lowest BCUT2D eigenvalue weighted by Crippen LogP contribution is -2.46. The molecule has 2 atom stereocenters. The first kappa shape index (κ1) is 18.5. The van der Waals surface area contributed by atoms with E-state index in [1.54, 1.807) is 41.4 Å². The number of carbonyl (C=O) groups is 2. The van der Waals surface area contributed by atoms with Gasteiger partial charge in [0.1, 0.15) is 0 Å². The van der Waals surface area contributed by atoms with Gasteiger partial charge in [0.2, 0.25) is 5.92 Å². The number of rotatable bonds is 3. The van der Waals surface area contributed by atoms with Crippen molar-refractivity contribution in [2.24, 2.45) is 0 Å². The minimum atomic E-state index is -2.77. The molecule has 2 aliphatic rings. The average Bonchev–Trinajstić information content (AvgIpc) is 3.03. The lowest BCUT2D eigenvalue weighted by Gasteiger charge is -2.40. The summed E-state index contributed by atoms with van der Waals surface area (Å²) in [5.41, 5.74) is 2.09. The van der Waals surface area contributed by atoms with Gasteiger partial charge in [0.05, 0.1) is 12.7 Å². The van der Waals surface area contributed by atoms with Gasteiger partial charge in [0.15, 0.2) is 0 Å². The topological polar surface area (TPSA) is 59.5 Å². The molecule has 2 unspecified atom stereocenters. The number of alkyl halides is 2. The van der Waals surface area contributed by atoms with Crippen LogP contribution in [0.4, 0.5) is 8.78 Å². The van der Waals surface area contributed by atoms with E-state index in [9.17, 15) is 18.4 Å². The number of hydrogen-bond acceptors (Lipinski definition) is 4. The monoisotopic (exact) mass is 386 g/mol. The zero-order valence-corrected chi connectivity index (χ0v) is 15.4. The van der Waals surface area contributed by atoms with E-state index in [0.717, 1.165) is 5.56 Å². The number of aromatic nitrogens is 1. The summed E-state index contributed by atoms with van der Waals surface area (Å²) in [4.78, 5) is 30.8. The summed E-state index contributed by atoms with van der Waals surface area (Å²) in [5, 5.41) is 0. The molecule has 28 heavy (non-hydrogen) atoms. The van der Waals surface area contributed by atoms with Crippen molar-refractivity contribution in [1.29, 1.82) is 0 Å². The Hall–Kier alpha value is -2.83. The number of halogens is 2. The smallest absolute Gasteiger partial charge is 0.337 e. The van der Waals surface area contributed by atoms with E-state index in [-0.39, 0.29) is 31.2 Å². The molecule has 1 fully saturated rings. The molecular formula is C21H20F2N2O3. The highest BCUT2D eigenvalue weighted by atomic mass is 19.3. The zero-order valence-electron chi connectivity index (χ0n) is 15.4. The minimum Gasteiger partial charge on any atom is -0.465 e. The molecule has 146 valence electrons. The fourth-order valence-corrected chi connectivity index (χ4v) is 4.23. The molecule has 5 nitrogen and oxygen atoms in total. The maximum Gasteiger partial charge on any atom is 0.337 e. The Labute approximate surface area is 161 Å². The van der Waals surface area contributed by atoms with Crippen molar-refractivity contribution < 1.29 is 23.1 Å². The van der Waals surface area contributed by atoms with Crippen molar-refractivity contribution in [2.75, 3.05) is 7.11 Å². The number of esters is 1. The molecule has 1 aliphatic heterocycles. The number of nitrogens with zero attached hydrogens (tertiary/aromatic N) is 2. The number of ether oxygens (including phenoxy) is 1. The fraction of sp³-hybridized carbons (Fsp3) is 0.381. The first-order valence-electron chi connectivity index (χ1n) is 9.20. The predicted molar refractivity (Wildman–Crippen MR) is 97.2 cm³/mol. The predicted octanol–water partition coefficient (Wildman–Crippen LogP) is 3.80. The van der Waals surface area contributed by atoms with Gasteiger partial charge in [-0.3, -0.25) is 9.78 Å². The molecule has 7 heteroatoms. The second-order valence-corrected chi connectivity index (χ2v) is 7.32. The van der Waals surface area contributed by atoms with Crippen LogP contribution >= 0.6 is 0 Å². The van der Waals surface area contributed by atoms with Crippen molar-refractivity contribution in [3.05, 3.63) is 65.0 Å². The van der Waals surface area contributed by atoms with E-state index in [1.807, 2.05) is 0 Å². The Morgan fingerprint density at radius 2 is 2.11 bits per heavy atom. The van der Waals surface area contributed by atoms with Crippen molar-refractivity contribution in [3.63, 3.8) is 0 Å². The van der Waals surface area contributed by atoms with Crippen molar-refractivity contribution in [1.82, 2.24) is 9.88 Å². The van der Waals surface area contributed by atoms with E-state index in [0.29, 0.717) is 23.4 Å². The van der Waals surface area contributed by atoms with Gasteiger partial charge in [-0.2, -0.15) is 0 Å². The summed E-state index contributed by atoms with van der Waals surface area (Å²) in [6.07, 6.45) is 1.21. The number of carbonyl (C=O) groups excluding carboxylic acids is 2. The van der Waals surface area contributed by atoms with Crippen LogP contribution in [0.3, 0.4) is 0 Å². The van der Waals surface area contributed by atoms with Crippen molar-refractivity contribution in [2.45, 2.75) is 43.7 Å². The number of amides is 1. The Morgan fingerprint density at radius 3 is 2.82 bits per heavy atom. The van der Waals surface area contributed by atoms with Gasteiger partial charge in [0.25, 0.3) is 5.91 Å². The number of benzene rings is 1. The van der Waals surface area contributed by atoms with E-state index in [4.69, 9.17) is 4.74 Å². The molecule has 0 radical (unpaired) electrons. The second kappa shape index (κ2) is 6.96. The van der Waals surface area contributed by atoms with E-state index < -0.39 is 17.8 Å². The van der Waals surface area contributed by atoms with Crippen molar-refractivity contribution >= 4 is 11.9 Å². The van der Waals surface area contributed by atoms with Crippen LogP contribution in [-0.2, 0) is 11.3 Å². The van der Waals surface area contributed by atoms with Gasteiger partial charge in [-0.25, -0.2) is 13.6 Å². The number of methoxy groups -OCH3 is 1. The average molecular weight is 386 g/mol. The first-order chi connectivity index (χ1) is 13.4.